The van der Waals surface area contributed by atoms with Gasteiger partial charge in [-0.1, -0.05) is 79.2 Å². The molecule has 5 nitrogen and oxygen atoms in total. The molecule has 0 unspecified atom stereocenters. The van der Waals surface area contributed by atoms with Crippen molar-refractivity contribution >= 4 is 29.2 Å². The number of ether oxygens (including phenoxy) is 2. The number of esters is 1. The summed E-state index contributed by atoms with van der Waals surface area (Å²) in [6.45, 7) is 18.3. The average molecular weight is 591 g/mol. The molecule has 0 spiro atoms. The highest BCUT2D eigenvalue weighted by Gasteiger charge is 2.26. The van der Waals surface area contributed by atoms with Gasteiger partial charge in [0.25, 0.3) is 0 Å². The van der Waals surface area contributed by atoms with E-state index < -0.39 is 17.8 Å². The van der Waals surface area contributed by atoms with E-state index in [4.69, 9.17) is 9.47 Å². The molecule has 0 saturated heterocycles. The number of halogens is 1. The zero-order chi connectivity index (χ0) is 32.7. The maximum atomic E-state index is 13.9. The van der Waals surface area contributed by atoms with Crippen LogP contribution in [-0.4, -0.2) is 24.2 Å². The molecule has 4 rings (SSSR count). The number of hydrogen-bond donors (Lipinski definition) is 1. The Kier molecular flexibility index (Phi) is 15.7. The van der Waals surface area contributed by atoms with Crippen molar-refractivity contribution in [3.63, 3.8) is 0 Å². The zero-order valence-electron chi connectivity index (χ0n) is 27.3. The van der Waals surface area contributed by atoms with E-state index in [1.54, 1.807) is 36.4 Å². The number of aryl methyl sites for hydroxylation is 1. The van der Waals surface area contributed by atoms with E-state index in [0.717, 1.165) is 28.2 Å². The van der Waals surface area contributed by atoms with Crippen molar-refractivity contribution in [3.05, 3.63) is 99.9 Å². The topological polar surface area (TPSA) is 72.8 Å². The van der Waals surface area contributed by atoms with Gasteiger partial charge in [-0.2, -0.15) is 0 Å². The Morgan fingerprint density at radius 2 is 1.53 bits per heavy atom. The highest BCUT2D eigenvalue weighted by Crippen LogP contribution is 2.44. The fourth-order valence-electron chi connectivity index (χ4n) is 4.16. The van der Waals surface area contributed by atoms with Gasteiger partial charge in [0, 0.05) is 0 Å². The second-order valence-corrected chi connectivity index (χ2v) is 9.85. The van der Waals surface area contributed by atoms with Crippen LogP contribution in [0.2, 0.25) is 0 Å². The molecule has 1 aliphatic carbocycles. The van der Waals surface area contributed by atoms with Crippen molar-refractivity contribution in [2.24, 2.45) is 5.92 Å². The summed E-state index contributed by atoms with van der Waals surface area (Å²) in [6, 6.07) is 16.7. The SMILES string of the molecule is CC.CC.CCC(C)C.COc1cc(/C=C2/C(C)=C(CC(=O)O)c3cc(F)ccc32)cc(C)c1OC(=O)c1ccccc1. The molecule has 1 aliphatic rings. The third kappa shape index (κ3) is 10.2. The van der Waals surface area contributed by atoms with Gasteiger partial charge in [0.15, 0.2) is 11.5 Å². The monoisotopic (exact) mass is 590 g/mol. The lowest BCUT2D eigenvalue weighted by Crippen LogP contribution is -2.10. The molecule has 232 valence electrons. The quantitative estimate of drug-likeness (QED) is 0.219. The molecular formula is C37H47FO5. The van der Waals surface area contributed by atoms with Gasteiger partial charge in [-0.25, -0.2) is 9.18 Å². The van der Waals surface area contributed by atoms with Gasteiger partial charge in [0.1, 0.15) is 5.82 Å². The van der Waals surface area contributed by atoms with Crippen LogP contribution in [0.3, 0.4) is 0 Å². The van der Waals surface area contributed by atoms with Crippen LogP contribution in [0.15, 0.2) is 66.2 Å². The second-order valence-electron chi connectivity index (χ2n) is 9.85. The molecule has 0 aliphatic heterocycles. The number of carboxylic acids is 1. The van der Waals surface area contributed by atoms with E-state index in [1.807, 2.05) is 59.8 Å². The van der Waals surface area contributed by atoms with E-state index in [-0.39, 0.29) is 6.42 Å². The number of allylic oxidation sites excluding steroid dienone is 2. The van der Waals surface area contributed by atoms with Crippen LogP contribution in [0.25, 0.3) is 17.2 Å². The molecule has 43 heavy (non-hydrogen) atoms. The molecule has 0 fully saturated rings. The minimum Gasteiger partial charge on any atom is -0.493 e. The summed E-state index contributed by atoms with van der Waals surface area (Å²) in [4.78, 5) is 24.0. The lowest BCUT2D eigenvalue weighted by molar-refractivity contribution is -0.135. The van der Waals surface area contributed by atoms with Crippen molar-refractivity contribution in [2.75, 3.05) is 7.11 Å². The fraction of sp³-hybridized carbons (Fsp3) is 0.351. The van der Waals surface area contributed by atoms with E-state index in [2.05, 4.69) is 20.8 Å². The number of methoxy groups -OCH3 is 1. The Hall–Kier alpha value is -4.19. The first-order valence-corrected chi connectivity index (χ1v) is 14.9. The summed E-state index contributed by atoms with van der Waals surface area (Å²) in [7, 11) is 1.50. The molecule has 0 radical (unpaired) electrons. The van der Waals surface area contributed by atoms with Crippen LogP contribution < -0.4 is 9.47 Å². The standard InChI is InChI=1S/C28H23FO5.C5H12.2C2H6/c1-16-11-18(13-25(33-3)27(16)34-28(32)19-7-5-4-6-8-19)12-22-17(2)23(15-26(30)31)24-14-20(29)9-10-21(22)24;1-4-5(2)3;2*1-2/h4-14H,15H2,1-3H3,(H,30,31);5H,4H2,1-3H3;2*1-2H3/b22-12-;;;. The largest absolute Gasteiger partial charge is 0.493 e. The first kappa shape index (κ1) is 36.8. The smallest absolute Gasteiger partial charge is 0.343 e. The normalized spacial score (nSPS) is 12.2. The number of aliphatic carboxylic acids is 1. The fourth-order valence-corrected chi connectivity index (χ4v) is 4.16. The van der Waals surface area contributed by atoms with Crippen LogP contribution in [0.1, 0.15) is 101 Å². The maximum Gasteiger partial charge on any atom is 0.343 e. The number of benzene rings is 3. The zero-order valence-corrected chi connectivity index (χ0v) is 27.3. The molecule has 0 saturated carbocycles. The summed E-state index contributed by atoms with van der Waals surface area (Å²) in [6.07, 6.45) is 3.01. The van der Waals surface area contributed by atoms with Crippen molar-refractivity contribution < 1.29 is 28.6 Å². The molecule has 3 aromatic rings. The summed E-state index contributed by atoms with van der Waals surface area (Å²) >= 11 is 0. The van der Waals surface area contributed by atoms with Gasteiger partial charge in [-0.3, -0.25) is 4.79 Å². The number of hydrogen-bond acceptors (Lipinski definition) is 4. The molecule has 0 bridgehead atoms. The van der Waals surface area contributed by atoms with Crippen molar-refractivity contribution in [2.45, 2.75) is 75.2 Å². The second kappa shape index (κ2) is 18.4. The molecular weight excluding hydrogens is 543 g/mol. The maximum absolute atomic E-state index is 13.9. The van der Waals surface area contributed by atoms with E-state index in [1.165, 1.54) is 25.7 Å². The van der Waals surface area contributed by atoms with E-state index in [0.29, 0.717) is 33.8 Å². The first-order chi connectivity index (χ1) is 20.5. The van der Waals surface area contributed by atoms with Crippen LogP contribution in [0.4, 0.5) is 4.39 Å². The summed E-state index contributed by atoms with van der Waals surface area (Å²) in [5, 5.41) is 9.35. The number of carbonyl (C=O) groups excluding carboxylic acids is 1. The highest BCUT2D eigenvalue weighted by atomic mass is 19.1. The Morgan fingerprint density at radius 3 is 2.07 bits per heavy atom. The van der Waals surface area contributed by atoms with E-state index in [9.17, 15) is 19.1 Å². The lowest BCUT2D eigenvalue weighted by atomic mass is 9.99. The molecule has 6 heteroatoms. The van der Waals surface area contributed by atoms with Crippen LogP contribution >= 0.6 is 0 Å². The summed E-state index contributed by atoms with van der Waals surface area (Å²) in [5.74, 6) is -0.287. The Balaban J connectivity index is 0.000000917. The summed E-state index contributed by atoms with van der Waals surface area (Å²) < 4.78 is 25.1. The van der Waals surface area contributed by atoms with Crippen molar-refractivity contribution in [1.29, 1.82) is 0 Å². The van der Waals surface area contributed by atoms with Gasteiger partial charge in [0.2, 0.25) is 0 Å². The Morgan fingerprint density at radius 1 is 0.930 bits per heavy atom. The Bertz CT molecular complexity index is 1420. The summed E-state index contributed by atoms with van der Waals surface area (Å²) in [5.41, 5.74) is 5.42. The molecule has 0 heterocycles. The van der Waals surface area contributed by atoms with Gasteiger partial charge < -0.3 is 14.6 Å². The predicted molar refractivity (Wildman–Crippen MR) is 176 cm³/mol. The van der Waals surface area contributed by atoms with Crippen molar-refractivity contribution in [3.8, 4) is 11.5 Å². The van der Waals surface area contributed by atoms with Crippen LogP contribution in [0, 0.1) is 18.7 Å². The van der Waals surface area contributed by atoms with Gasteiger partial charge in [0.05, 0.1) is 19.1 Å². The van der Waals surface area contributed by atoms with Gasteiger partial charge in [-0.15, -0.1) is 0 Å². The lowest BCUT2D eigenvalue weighted by Gasteiger charge is -2.14. The van der Waals surface area contributed by atoms with Gasteiger partial charge in [-0.05, 0) is 101 Å². The highest BCUT2D eigenvalue weighted by molar-refractivity contribution is 6.07. The minimum atomic E-state index is -0.979. The third-order valence-corrected chi connectivity index (χ3v) is 6.60. The van der Waals surface area contributed by atoms with Crippen molar-refractivity contribution in [1.82, 2.24) is 0 Å². The Labute approximate surface area is 257 Å². The molecule has 0 amide bonds. The molecule has 1 N–H and O–H groups in total. The number of carboxylic acid groups (broad SMARTS) is 1. The van der Waals surface area contributed by atoms with Crippen LogP contribution in [-0.2, 0) is 4.79 Å². The predicted octanol–water partition coefficient (Wildman–Crippen LogP) is 10.3. The third-order valence-electron chi connectivity index (χ3n) is 6.60. The number of rotatable bonds is 7. The van der Waals surface area contributed by atoms with Gasteiger partial charge >= 0.3 is 11.9 Å². The molecule has 3 aromatic carbocycles. The average Bonchev–Trinajstić information content (AvgIpc) is 3.25. The van der Waals surface area contributed by atoms with Crippen LogP contribution in [0.5, 0.6) is 11.5 Å². The number of fused-ring (bicyclic) bond motifs is 1. The molecule has 0 aromatic heterocycles. The number of carbonyl (C=O) groups is 2. The first-order valence-electron chi connectivity index (χ1n) is 14.9. The molecule has 0 atom stereocenters. The van der Waals surface area contributed by atoms with E-state index >= 15 is 0 Å². The minimum absolute atomic E-state index is 0.198.